The van der Waals surface area contributed by atoms with Crippen molar-refractivity contribution in [2.75, 3.05) is 19.7 Å². The van der Waals surface area contributed by atoms with Crippen LogP contribution < -0.4 is 0 Å². The van der Waals surface area contributed by atoms with Crippen LogP contribution >= 0.6 is 11.3 Å². The van der Waals surface area contributed by atoms with Crippen molar-refractivity contribution in [1.29, 1.82) is 0 Å². The smallest absolute Gasteiger partial charge is 0.414 e. The highest BCUT2D eigenvalue weighted by molar-refractivity contribution is 7.15. The molecule has 2 N–H and O–H groups in total. The number of ether oxygens (including phenoxy) is 1. The molecule has 4 rings (SSSR count). The number of esters is 1. The molecule has 1 aromatic carbocycles. The minimum atomic E-state index is -1.82. The monoisotopic (exact) mass is 473 g/mol. The fourth-order valence-corrected chi connectivity index (χ4v) is 4.46. The number of imidazole rings is 1. The highest BCUT2D eigenvalue weighted by atomic mass is 32.1. The van der Waals surface area contributed by atoms with Gasteiger partial charge >= 0.3 is 17.9 Å². The average molecular weight is 474 g/mol. The van der Waals surface area contributed by atoms with Crippen molar-refractivity contribution >= 4 is 34.2 Å². The summed E-state index contributed by atoms with van der Waals surface area (Å²) in [6, 6.07) is 8.57. The van der Waals surface area contributed by atoms with Gasteiger partial charge < -0.3 is 14.9 Å². The van der Waals surface area contributed by atoms with E-state index in [1.807, 2.05) is 6.92 Å². The molecule has 1 aliphatic rings. The zero-order valence-corrected chi connectivity index (χ0v) is 19.4. The number of rotatable bonds is 5. The second-order valence-corrected chi connectivity index (χ2v) is 8.61. The van der Waals surface area contributed by atoms with Gasteiger partial charge in [-0.15, -0.1) is 11.3 Å². The van der Waals surface area contributed by atoms with Gasteiger partial charge in [-0.1, -0.05) is 29.8 Å². The molecule has 1 aliphatic heterocycles. The molecule has 0 saturated carbocycles. The van der Waals surface area contributed by atoms with Crippen LogP contribution in [-0.2, 0) is 25.7 Å². The fourth-order valence-electron chi connectivity index (χ4n) is 3.72. The maximum atomic E-state index is 12.0. The lowest BCUT2D eigenvalue weighted by molar-refractivity contribution is -0.159. The van der Waals surface area contributed by atoms with Gasteiger partial charge in [0.25, 0.3) is 0 Å². The molecular weight excluding hydrogens is 446 g/mol. The largest absolute Gasteiger partial charge is 0.473 e. The first kappa shape index (κ1) is 24.4. The molecule has 0 unspecified atom stereocenters. The van der Waals surface area contributed by atoms with E-state index >= 15 is 0 Å². The van der Waals surface area contributed by atoms with E-state index in [0.29, 0.717) is 6.61 Å². The molecule has 1 saturated heterocycles. The van der Waals surface area contributed by atoms with Crippen LogP contribution in [0.5, 0.6) is 0 Å². The van der Waals surface area contributed by atoms with Crippen molar-refractivity contribution in [2.24, 2.45) is 5.92 Å². The van der Waals surface area contributed by atoms with E-state index in [4.69, 9.17) is 29.5 Å². The lowest BCUT2D eigenvalue weighted by atomic mass is 9.96. The first-order valence-electron chi connectivity index (χ1n) is 10.7. The predicted octanol–water partition coefficient (Wildman–Crippen LogP) is 3.30. The van der Waals surface area contributed by atoms with Gasteiger partial charge in [-0.2, -0.15) is 0 Å². The van der Waals surface area contributed by atoms with Crippen molar-refractivity contribution in [3.8, 4) is 11.3 Å². The van der Waals surface area contributed by atoms with E-state index in [0.717, 1.165) is 48.7 Å². The van der Waals surface area contributed by atoms with Crippen molar-refractivity contribution in [3.63, 3.8) is 0 Å². The van der Waals surface area contributed by atoms with Gasteiger partial charge in [-0.05, 0) is 39.8 Å². The lowest BCUT2D eigenvalue weighted by Gasteiger charge is -2.30. The van der Waals surface area contributed by atoms with Gasteiger partial charge in [-0.3, -0.25) is 14.1 Å². The molecule has 1 fully saturated rings. The van der Waals surface area contributed by atoms with E-state index in [2.05, 4.69) is 52.1 Å². The van der Waals surface area contributed by atoms with Crippen molar-refractivity contribution in [1.82, 2.24) is 14.3 Å². The van der Waals surface area contributed by atoms with Gasteiger partial charge in [-0.25, -0.2) is 14.6 Å². The van der Waals surface area contributed by atoms with E-state index in [9.17, 15) is 4.79 Å². The highest BCUT2D eigenvalue weighted by Gasteiger charge is 2.27. The van der Waals surface area contributed by atoms with Gasteiger partial charge in [0.15, 0.2) is 4.96 Å². The first-order chi connectivity index (χ1) is 15.8. The lowest BCUT2D eigenvalue weighted by Crippen LogP contribution is -2.36. The van der Waals surface area contributed by atoms with Crippen LogP contribution in [0.1, 0.15) is 31.0 Å². The molecule has 9 nitrogen and oxygen atoms in total. The standard InChI is InChI=1S/C21H25N3O2S.C2H2O4/c1-3-26-20(25)17-8-10-23(11-9-17)14-18-19(16-6-4-15(2)5-7-16)22-21-24(18)12-13-27-21;3-1(4)2(5)6/h4-7,12-13,17H,3,8-11,14H2,1-2H3;(H,3,4)(H,5,6). The third kappa shape index (κ3) is 6.17. The summed E-state index contributed by atoms with van der Waals surface area (Å²) in [6.45, 7) is 7.10. The SMILES string of the molecule is CCOC(=O)C1CCN(Cc2c(-c3ccc(C)cc3)nc3sccn23)CC1.O=C(O)C(=O)O. The van der Waals surface area contributed by atoms with Crippen LogP contribution in [0.4, 0.5) is 0 Å². The number of aryl methyl sites for hydroxylation is 1. The summed E-state index contributed by atoms with van der Waals surface area (Å²) in [5, 5.41) is 16.9. The first-order valence-corrected chi connectivity index (χ1v) is 11.5. The number of carbonyl (C=O) groups excluding carboxylic acids is 1. The number of benzene rings is 1. The summed E-state index contributed by atoms with van der Waals surface area (Å²) in [6.07, 6.45) is 3.83. The molecule has 0 amide bonds. The van der Waals surface area contributed by atoms with E-state index in [1.54, 1.807) is 11.3 Å². The zero-order valence-electron chi connectivity index (χ0n) is 18.6. The minimum absolute atomic E-state index is 0.0397. The van der Waals surface area contributed by atoms with Gasteiger partial charge in [0.1, 0.15) is 0 Å². The molecule has 0 aliphatic carbocycles. The third-order valence-corrected chi connectivity index (χ3v) is 6.21. The molecule has 33 heavy (non-hydrogen) atoms. The topological polar surface area (TPSA) is 121 Å². The summed E-state index contributed by atoms with van der Waals surface area (Å²) >= 11 is 1.66. The second kappa shape index (κ2) is 11.1. The normalized spacial score (nSPS) is 14.5. The number of piperidine rings is 1. The summed E-state index contributed by atoms with van der Waals surface area (Å²) in [4.78, 5) is 38.5. The minimum Gasteiger partial charge on any atom is -0.473 e. The molecule has 0 spiro atoms. The Hall–Kier alpha value is -3.24. The number of carboxylic acids is 2. The molecule has 3 heterocycles. The van der Waals surface area contributed by atoms with Crippen molar-refractivity contribution in [3.05, 3.63) is 47.1 Å². The summed E-state index contributed by atoms with van der Waals surface area (Å²) in [5.41, 5.74) is 4.70. The van der Waals surface area contributed by atoms with E-state index in [-0.39, 0.29) is 11.9 Å². The highest BCUT2D eigenvalue weighted by Crippen LogP contribution is 2.29. The van der Waals surface area contributed by atoms with Gasteiger partial charge in [0.2, 0.25) is 0 Å². The Labute approximate surface area is 195 Å². The average Bonchev–Trinajstić information content (AvgIpc) is 3.38. The van der Waals surface area contributed by atoms with Gasteiger partial charge in [0.05, 0.1) is 23.9 Å². The van der Waals surface area contributed by atoms with Crippen LogP contribution in [-0.4, -0.2) is 62.1 Å². The van der Waals surface area contributed by atoms with Crippen LogP contribution in [0.3, 0.4) is 0 Å². The summed E-state index contributed by atoms with van der Waals surface area (Å²) < 4.78 is 7.39. The maximum Gasteiger partial charge on any atom is 0.414 e. The Kier molecular flexibility index (Phi) is 8.18. The number of aliphatic carboxylic acids is 2. The quantitative estimate of drug-likeness (QED) is 0.428. The number of likely N-dealkylation sites (tertiary alicyclic amines) is 1. The fraction of sp³-hybridized carbons (Fsp3) is 0.391. The second-order valence-electron chi connectivity index (χ2n) is 7.74. The molecule has 0 bridgehead atoms. The maximum absolute atomic E-state index is 12.0. The molecule has 10 heteroatoms. The molecule has 176 valence electrons. The number of aromatic nitrogens is 2. The molecule has 0 radical (unpaired) electrons. The molecule has 2 aromatic heterocycles. The van der Waals surface area contributed by atoms with Crippen LogP contribution in [0, 0.1) is 12.8 Å². The Balaban J connectivity index is 0.000000454. The molecular formula is C23H27N3O6S. The van der Waals surface area contributed by atoms with E-state index < -0.39 is 11.9 Å². The number of hydrogen-bond donors (Lipinski definition) is 2. The number of hydrogen-bond acceptors (Lipinski definition) is 7. The Morgan fingerprint density at radius 2 is 1.76 bits per heavy atom. The van der Waals surface area contributed by atoms with Crippen molar-refractivity contribution < 1.29 is 29.3 Å². The van der Waals surface area contributed by atoms with Crippen molar-refractivity contribution in [2.45, 2.75) is 33.2 Å². The number of nitrogens with zero attached hydrogens (tertiary/aromatic N) is 3. The number of thiazole rings is 1. The Morgan fingerprint density at radius 1 is 1.12 bits per heavy atom. The molecule has 0 atom stereocenters. The summed E-state index contributed by atoms with van der Waals surface area (Å²) in [5.74, 6) is -3.64. The van der Waals surface area contributed by atoms with Crippen LogP contribution in [0.25, 0.3) is 16.2 Å². The third-order valence-electron chi connectivity index (χ3n) is 5.45. The van der Waals surface area contributed by atoms with Crippen LogP contribution in [0.2, 0.25) is 0 Å². The molecule has 3 aromatic rings. The predicted molar refractivity (Wildman–Crippen MR) is 123 cm³/mol. The number of fused-ring (bicyclic) bond motifs is 1. The summed E-state index contributed by atoms with van der Waals surface area (Å²) in [7, 11) is 0. The number of carboxylic acid groups (broad SMARTS) is 2. The number of carbonyl (C=O) groups is 3. The van der Waals surface area contributed by atoms with E-state index in [1.165, 1.54) is 11.3 Å². The Bertz CT molecular complexity index is 1100. The zero-order chi connectivity index (χ0) is 24.0. The van der Waals surface area contributed by atoms with Gasteiger partial charge in [0, 0.05) is 23.7 Å². The Morgan fingerprint density at radius 3 is 2.33 bits per heavy atom. The van der Waals surface area contributed by atoms with Crippen LogP contribution in [0.15, 0.2) is 35.8 Å².